The zero-order valence-corrected chi connectivity index (χ0v) is 7.30. The van der Waals surface area contributed by atoms with Crippen LogP contribution in [0.1, 0.15) is 11.4 Å². The van der Waals surface area contributed by atoms with Crippen LogP contribution in [0.2, 0.25) is 0 Å². The van der Waals surface area contributed by atoms with Gasteiger partial charge in [-0.25, -0.2) is 8.78 Å². The number of aliphatic hydroxyl groups is 1. The van der Waals surface area contributed by atoms with Gasteiger partial charge in [0.05, 0.1) is 12.3 Å². The average Bonchev–Trinajstić information content (AvgIpc) is 2.45. The van der Waals surface area contributed by atoms with Gasteiger partial charge in [0.15, 0.2) is 5.69 Å². The lowest BCUT2D eigenvalue weighted by Crippen LogP contribution is -2.13. The first-order valence-electron chi connectivity index (χ1n) is 3.87. The predicted octanol–water partition coefficient (Wildman–Crippen LogP) is 1.66. The monoisotopic (exact) mass is 230 g/mol. The standard InChI is InChI=1S/C7H7F5N2O/c8-6(9)2-14-4(3-15)1-5(13-14)7(10,11)12/h1,6,15H,2-3H2. The first kappa shape index (κ1) is 11.9. The Labute approximate surface area is 81.1 Å². The second kappa shape index (κ2) is 4.13. The van der Waals surface area contributed by atoms with Crippen molar-refractivity contribution < 1.29 is 27.1 Å². The predicted molar refractivity (Wildman–Crippen MR) is 39.2 cm³/mol. The van der Waals surface area contributed by atoms with Gasteiger partial charge in [-0.3, -0.25) is 4.68 Å². The highest BCUT2D eigenvalue weighted by atomic mass is 19.4. The maximum absolute atomic E-state index is 12.1. The first-order chi connectivity index (χ1) is 6.84. The minimum absolute atomic E-state index is 0.289. The number of aliphatic hydroxyl groups excluding tert-OH is 1. The van der Waals surface area contributed by atoms with Gasteiger partial charge in [0.2, 0.25) is 0 Å². The summed E-state index contributed by atoms with van der Waals surface area (Å²) in [5.74, 6) is 0. The van der Waals surface area contributed by atoms with Gasteiger partial charge in [0, 0.05) is 0 Å². The van der Waals surface area contributed by atoms with Gasteiger partial charge < -0.3 is 5.11 Å². The van der Waals surface area contributed by atoms with Crippen molar-refractivity contribution in [2.75, 3.05) is 0 Å². The minimum Gasteiger partial charge on any atom is -0.390 e. The van der Waals surface area contributed by atoms with Gasteiger partial charge >= 0.3 is 6.18 Å². The quantitative estimate of drug-likeness (QED) is 0.802. The lowest BCUT2D eigenvalue weighted by atomic mass is 10.3. The summed E-state index contributed by atoms with van der Waals surface area (Å²) in [6.07, 6.45) is -7.52. The summed E-state index contributed by atoms with van der Waals surface area (Å²) in [7, 11) is 0. The number of nitrogens with zero attached hydrogens (tertiary/aromatic N) is 2. The van der Waals surface area contributed by atoms with Gasteiger partial charge in [0.25, 0.3) is 6.43 Å². The Bertz CT molecular complexity index is 333. The molecule has 0 aliphatic carbocycles. The molecule has 0 aliphatic rings. The second-order valence-electron chi connectivity index (χ2n) is 2.75. The molecule has 0 atom stereocenters. The van der Waals surface area contributed by atoms with E-state index in [0.29, 0.717) is 10.7 Å². The van der Waals surface area contributed by atoms with E-state index in [1.165, 1.54) is 0 Å². The molecule has 1 aromatic rings. The highest BCUT2D eigenvalue weighted by Gasteiger charge is 2.35. The summed E-state index contributed by atoms with van der Waals surface area (Å²) < 4.78 is 60.6. The molecule has 1 rings (SSSR count). The summed E-state index contributed by atoms with van der Waals surface area (Å²) in [5, 5.41) is 11.6. The molecule has 0 aromatic carbocycles. The molecule has 0 fully saturated rings. The third-order valence-electron chi connectivity index (χ3n) is 1.63. The van der Waals surface area contributed by atoms with E-state index in [2.05, 4.69) is 5.10 Å². The van der Waals surface area contributed by atoms with Crippen molar-refractivity contribution in [1.29, 1.82) is 0 Å². The zero-order chi connectivity index (χ0) is 11.6. The molecule has 1 aromatic heterocycles. The van der Waals surface area contributed by atoms with Crippen LogP contribution in [0.3, 0.4) is 0 Å². The highest BCUT2D eigenvalue weighted by molar-refractivity contribution is 5.12. The van der Waals surface area contributed by atoms with Gasteiger partial charge in [-0.05, 0) is 6.07 Å². The van der Waals surface area contributed by atoms with Crippen LogP contribution in [-0.4, -0.2) is 21.3 Å². The molecular formula is C7H7F5N2O. The van der Waals surface area contributed by atoms with Gasteiger partial charge in [-0.1, -0.05) is 0 Å². The van der Waals surface area contributed by atoms with E-state index >= 15 is 0 Å². The fraction of sp³-hybridized carbons (Fsp3) is 0.571. The maximum atomic E-state index is 12.1. The summed E-state index contributed by atoms with van der Waals surface area (Å²) >= 11 is 0. The Morgan fingerprint density at radius 3 is 2.40 bits per heavy atom. The largest absolute Gasteiger partial charge is 0.435 e. The van der Waals surface area contributed by atoms with E-state index in [0.717, 1.165) is 0 Å². The van der Waals surface area contributed by atoms with Crippen LogP contribution in [0.5, 0.6) is 0 Å². The average molecular weight is 230 g/mol. The van der Waals surface area contributed by atoms with Crippen molar-refractivity contribution in [3.05, 3.63) is 17.5 Å². The van der Waals surface area contributed by atoms with Crippen molar-refractivity contribution in [3.8, 4) is 0 Å². The Balaban J connectivity index is 3.00. The van der Waals surface area contributed by atoms with E-state index in [1.54, 1.807) is 0 Å². The fourth-order valence-corrected chi connectivity index (χ4v) is 1.01. The normalized spacial score (nSPS) is 12.5. The molecular weight excluding hydrogens is 223 g/mol. The molecule has 0 saturated carbocycles. The molecule has 15 heavy (non-hydrogen) atoms. The molecule has 0 spiro atoms. The molecule has 1 N–H and O–H groups in total. The van der Waals surface area contributed by atoms with Gasteiger partial charge in [-0.2, -0.15) is 18.3 Å². The lowest BCUT2D eigenvalue weighted by molar-refractivity contribution is -0.141. The smallest absolute Gasteiger partial charge is 0.390 e. The van der Waals surface area contributed by atoms with E-state index in [-0.39, 0.29) is 5.69 Å². The Morgan fingerprint density at radius 2 is 2.00 bits per heavy atom. The molecule has 8 heteroatoms. The van der Waals surface area contributed by atoms with Crippen molar-refractivity contribution >= 4 is 0 Å². The Kier molecular flexibility index (Phi) is 3.28. The maximum Gasteiger partial charge on any atom is 0.435 e. The van der Waals surface area contributed by atoms with E-state index in [9.17, 15) is 22.0 Å². The van der Waals surface area contributed by atoms with Gasteiger partial charge in [0.1, 0.15) is 6.54 Å². The highest BCUT2D eigenvalue weighted by Crippen LogP contribution is 2.28. The number of halogens is 5. The van der Waals surface area contributed by atoms with Crippen molar-refractivity contribution in [1.82, 2.24) is 9.78 Å². The van der Waals surface area contributed by atoms with Crippen LogP contribution in [-0.2, 0) is 19.3 Å². The first-order valence-corrected chi connectivity index (χ1v) is 3.87. The summed E-state index contributed by atoms with van der Waals surface area (Å²) in [4.78, 5) is 0. The van der Waals surface area contributed by atoms with Crippen LogP contribution in [0.15, 0.2) is 6.07 Å². The van der Waals surface area contributed by atoms with Crippen molar-refractivity contribution in [3.63, 3.8) is 0 Å². The number of alkyl halides is 5. The van der Waals surface area contributed by atoms with Crippen LogP contribution in [0.25, 0.3) is 0 Å². The number of hydrogen-bond donors (Lipinski definition) is 1. The number of aromatic nitrogens is 2. The van der Waals surface area contributed by atoms with Gasteiger partial charge in [-0.15, -0.1) is 0 Å². The van der Waals surface area contributed by atoms with Crippen LogP contribution in [0.4, 0.5) is 22.0 Å². The SMILES string of the molecule is OCc1cc(C(F)(F)F)nn1CC(F)F. The molecule has 3 nitrogen and oxygen atoms in total. The van der Waals surface area contributed by atoms with E-state index in [4.69, 9.17) is 5.11 Å². The molecule has 0 bridgehead atoms. The molecule has 0 amide bonds. The van der Waals surface area contributed by atoms with E-state index < -0.39 is 31.4 Å². The number of rotatable bonds is 3. The molecule has 0 radical (unpaired) electrons. The molecule has 1 heterocycles. The molecule has 0 aliphatic heterocycles. The summed E-state index contributed by atoms with van der Waals surface area (Å²) in [5.41, 5.74) is -1.57. The van der Waals surface area contributed by atoms with Crippen molar-refractivity contribution in [2.24, 2.45) is 0 Å². The third-order valence-corrected chi connectivity index (χ3v) is 1.63. The third kappa shape index (κ3) is 2.88. The lowest BCUT2D eigenvalue weighted by Gasteiger charge is -2.03. The van der Waals surface area contributed by atoms with E-state index in [1.807, 2.05) is 0 Å². The Morgan fingerprint density at radius 1 is 1.40 bits per heavy atom. The summed E-state index contributed by atoms with van der Waals surface area (Å²) in [6.45, 7) is -1.73. The zero-order valence-electron chi connectivity index (χ0n) is 7.30. The fourth-order valence-electron chi connectivity index (χ4n) is 1.01. The summed E-state index contributed by atoms with van der Waals surface area (Å²) in [6, 6.07) is 0.544. The molecule has 0 unspecified atom stereocenters. The molecule has 0 saturated heterocycles. The van der Waals surface area contributed by atoms with Crippen LogP contribution in [0, 0.1) is 0 Å². The minimum atomic E-state index is -4.70. The Hall–Kier alpha value is -1.18. The molecule has 86 valence electrons. The second-order valence-corrected chi connectivity index (χ2v) is 2.75. The number of hydrogen-bond acceptors (Lipinski definition) is 2. The van der Waals surface area contributed by atoms with Crippen molar-refractivity contribution in [2.45, 2.75) is 25.8 Å². The van der Waals surface area contributed by atoms with Crippen LogP contribution >= 0.6 is 0 Å². The topological polar surface area (TPSA) is 38.1 Å². The van der Waals surface area contributed by atoms with Crippen LogP contribution < -0.4 is 0 Å².